The standard InChI is InChI=1S/C24H28N4O4S/c1-6-11-27(17-7-9-25-10-8-17)22-23(32-5)26-28-18(15-33-24(22)28)21-19(30-3)12-16(14-29-2)13-20(21)31-4/h7-10,12-13,15H,6,11,14H2,1-5H3. The second kappa shape index (κ2) is 10.1. The maximum Gasteiger partial charge on any atom is 0.258 e. The Bertz CT molecular complexity index is 1200. The minimum absolute atomic E-state index is 0.462. The molecule has 3 aromatic heterocycles. The van der Waals surface area contributed by atoms with Crippen LogP contribution in [0.25, 0.3) is 16.1 Å². The highest BCUT2D eigenvalue weighted by Gasteiger charge is 2.26. The summed E-state index contributed by atoms with van der Waals surface area (Å²) in [7, 11) is 6.62. The van der Waals surface area contributed by atoms with Crippen LogP contribution in [0.5, 0.6) is 17.4 Å². The third-order valence-electron chi connectivity index (χ3n) is 5.32. The van der Waals surface area contributed by atoms with Crippen molar-refractivity contribution in [2.75, 3.05) is 39.9 Å². The van der Waals surface area contributed by atoms with E-state index in [1.807, 2.05) is 28.8 Å². The minimum atomic E-state index is 0.462. The van der Waals surface area contributed by atoms with Crippen LogP contribution in [-0.4, -0.2) is 49.6 Å². The van der Waals surface area contributed by atoms with Gasteiger partial charge in [0.2, 0.25) is 0 Å². The quantitative estimate of drug-likeness (QED) is 0.318. The van der Waals surface area contributed by atoms with E-state index in [2.05, 4.69) is 22.2 Å². The molecule has 0 N–H and O–H groups in total. The molecule has 0 saturated heterocycles. The summed E-state index contributed by atoms with van der Waals surface area (Å²) in [6.45, 7) is 3.43. The predicted octanol–water partition coefficient (Wildman–Crippen LogP) is 5.18. The van der Waals surface area contributed by atoms with Crippen molar-refractivity contribution in [2.24, 2.45) is 0 Å². The molecule has 33 heavy (non-hydrogen) atoms. The van der Waals surface area contributed by atoms with Gasteiger partial charge >= 0.3 is 0 Å². The highest BCUT2D eigenvalue weighted by atomic mass is 32.1. The Morgan fingerprint density at radius 3 is 2.27 bits per heavy atom. The SMILES string of the molecule is CCCN(c1ccncc1)c1c(OC)nn2c(-c3c(OC)cc(COC)cc3OC)csc12. The van der Waals surface area contributed by atoms with E-state index in [1.165, 1.54) is 0 Å². The van der Waals surface area contributed by atoms with Crippen molar-refractivity contribution in [1.82, 2.24) is 14.6 Å². The molecule has 0 radical (unpaired) electrons. The van der Waals surface area contributed by atoms with E-state index >= 15 is 0 Å². The number of aromatic nitrogens is 3. The molecule has 0 aliphatic heterocycles. The Kier molecular flexibility index (Phi) is 7.00. The van der Waals surface area contributed by atoms with E-state index in [1.54, 1.807) is 52.2 Å². The molecule has 9 heteroatoms. The van der Waals surface area contributed by atoms with Gasteiger partial charge in [0.25, 0.3) is 5.88 Å². The molecule has 3 heterocycles. The lowest BCUT2D eigenvalue weighted by Crippen LogP contribution is -2.18. The Balaban J connectivity index is 1.93. The van der Waals surface area contributed by atoms with Gasteiger partial charge in [0, 0.05) is 37.1 Å². The Morgan fingerprint density at radius 2 is 1.70 bits per heavy atom. The molecule has 1 aromatic carbocycles. The Hall–Kier alpha value is -3.30. The highest BCUT2D eigenvalue weighted by Crippen LogP contribution is 2.46. The number of benzene rings is 1. The second-order valence-electron chi connectivity index (χ2n) is 7.36. The van der Waals surface area contributed by atoms with Gasteiger partial charge in [-0.25, -0.2) is 4.52 Å². The first-order valence-corrected chi connectivity index (χ1v) is 11.5. The molecule has 174 valence electrons. The zero-order valence-corrected chi connectivity index (χ0v) is 20.3. The summed E-state index contributed by atoms with van der Waals surface area (Å²) >= 11 is 1.60. The van der Waals surface area contributed by atoms with Crippen molar-refractivity contribution in [3.8, 4) is 28.6 Å². The molecule has 0 spiro atoms. The van der Waals surface area contributed by atoms with Crippen LogP contribution in [0.4, 0.5) is 11.4 Å². The lowest BCUT2D eigenvalue weighted by Gasteiger charge is -2.23. The molecule has 0 unspecified atom stereocenters. The van der Waals surface area contributed by atoms with E-state index in [9.17, 15) is 0 Å². The zero-order valence-electron chi connectivity index (χ0n) is 19.5. The summed E-state index contributed by atoms with van der Waals surface area (Å²) in [5, 5.41) is 6.89. The van der Waals surface area contributed by atoms with Gasteiger partial charge in [0.15, 0.2) is 0 Å². The summed E-state index contributed by atoms with van der Waals surface area (Å²) in [5.41, 5.74) is 4.62. The van der Waals surface area contributed by atoms with Crippen LogP contribution in [0.3, 0.4) is 0 Å². The first kappa shape index (κ1) is 22.9. The fourth-order valence-electron chi connectivity index (χ4n) is 3.93. The van der Waals surface area contributed by atoms with Crippen molar-refractivity contribution in [3.05, 3.63) is 47.6 Å². The van der Waals surface area contributed by atoms with Gasteiger partial charge in [-0.2, -0.15) is 0 Å². The van der Waals surface area contributed by atoms with Crippen LogP contribution >= 0.6 is 11.3 Å². The fraction of sp³-hybridized carbons (Fsp3) is 0.333. The van der Waals surface area contributed by atoms with E-state index in [-0.39, 0.29) is 0 Å². The largest absolute Gasteiger partial charge is 0.496 e. The number of pyridine rings is 1. The molecular formula is C24H28N4O4S. The molecule has 0 amide bonds. The first-order chi connectivity index (χ1) is 16.2. The van der Waals surface area contributed by atoms with Gasteiger partial charge in [-0.05, 0) is 36.2 Å². The predicted molar refractivity (Wildman–Crippen MR) is 130 cm³/mol. The van der Waals surface area contributed by atoms with Crippen LogP contribution in [0, 0.1) is 0 Å². The molecule has 0 saturated carbocycles. The molecule has 0 fully saturated rings. The second-order valence-corrected chi connectivity index (χ2v) is 8.22. The summed E-state index contributed by atoms with van der Waals surface area (Å²) in [5.74, 6) is 1.94. The van der Waals surface area contributed by atoms with E-state index in [0.717, 1.165) is 46.0 Å². The molecule has 4 rings (SSSR count). The number of nitrogens with zero attached hydrogens (tertiary/aromatic N) is 4. The third kappa shape index (κ3) is 4.21. The van der Waals surface area contributed by atoms with Crippen molar-refractivity contribution < 1.29 is 18.9 Å². The van der Waals surface area contributed by atoms with Gasteiger partial charge in [-0.15, -0.1) is 16.4 Å². The highest BCUT2D eigenvalue weighted by molar-refractivity contribution is 7.16. The average Bonchev–Trinajstić information content (AvgIpc) is 3.41. The number of ether oxygens (including phenoxy) is 4. The Morgan fingerprint density at radius 1 is 1.00 bits per heavy atom. The summed E-state index contributed by atoms with van der Waals surface area (Å²) in [4.78, 5) is 7.35. The van der Waals surface area contributed by atoms with Crippen molar-refractivity contribution in [1.29, 1.82) is 0 Å². The van der Waals surface area contributed by atoms with Crippen LogP contribution in [0.2, 0.25) is 0 Å². The Labute approximate surface area is 197 Å². The molecule has 4 aromatic rings. The smallest absolute Gasteiger partial charge is 0.258 e. The van der Waals surface area contributed by atoms with Crippen molar-refractivity contribution in [3.63, 3.8) is 0 Å². The first-order valence-electron chi connectivity index (χ1n) is 10.6. The van der Waals surface area contributed by atoms with Gasteiger partial charge < -0.3 is 23.8 Å². The summed E-state index contributed by atoms with van der Waals surface area (Å²) < 4.78 is 24.4. The topological polar surface area (TPSA) is 70.4 Å². The van der Waals surface area contributed by atoms with Gasteiger partial charge in [-0.3, -0.25) is 4.98 Å². The number of rotatable bonds is 10. The van der Waals surface area contributed by atoms with Gasteiger partial charge in [-0.1, -0.05) is 6.92 Å². The van der Waals surface area contributed by atoms with Gasteiger partial charge in [0.1, 0.15) is 22.0 Å². The monoisotopic (exact) mass is 468 g/mol. The van der Waals surface area contributed by atoms with Crippen LogP contribution in [0.1, 0.15) is 18.9 Å². The molecular weight excluding hydrogens is 440 g/mol. The number of anilines is 2. The fourth-order valence-corrected chi connectivity index (χ4v) is 4.91. The lowest BCUT2D eigenvalue weighted by molar-refractivity contribution is 0.184. The van der Waals surface area contributed by atoms with Crippen molar-refractivity contribution >= 4 is 27.5 Å². The summed E-state index contributed by atoms with van der Waals surface area (Å²) in [6, 6.07) is 7.92. The average molecular weight is 469 g/mol. The number of methoxy groups -OCH3 is 4. The molecule has 0 atom stereocenters. The molecule has 0 aliphatic rings. The summed E-state index contributed by atoms with van der Waals surface area (Å²) in [6.07, 6.45) is 4.55. The molecule has 8 nitrogen and oxygen atoms in total. The third-order valence-corrected chi connectivity index (χ3v) is 6.25. The maximum absolute atomic E-state index is 5.75. The molecule has 0 aliphatic carbocycles. The molecule has 0 bridgehead atoms. The zero-order chi connectivity index (χ0) is 23.4. The number of fused-ring (bicyclic) bond motifs is 1. The van der Waals surface area contributed by atoms with Crippen LogP contribution in [-0.2, 0) is 11.3 Å². The minimum Gasteiger partial charge on any atom is -0.496 e. The van der Waals surface area contributed by atoms with E-state index in [4.69, 9.17) is 24.0 Å². The number of thiazole rings is 1. The van der Waals surface area contributed by atoms with Gasteiger partial charge in [0.05, 0.1) is 39.2 Å². The number of hydrogen-bond acceptors (Lipinski definition) is 8. The van der Waals surface area contributed by atoms with Crippen molar-refractivity contribution in [2.45, 2.75) is 20.0 Å². The maximum atomic E-state index is 5.75. The van der Waals surface area contributed by atoms with E-state index < -0.39 is 0 Å². The number of hydrogen-bond donors (Lipinski definition) is 0. The van der Waals surface area contributed by atoms with E-state index in [0.29, 0.717) is 24.0 Å². The van der Waals surface area contributed by atoms with Crippen LogP contribution < -0.4 is 19.1 Å². The van der Waals surface area contributed by atoms with Crippen LogP contribution in [0.15, 0.2) is 42.0 Å². The lowest BCUT2D eigenvalue weighted by atomic mass is 10.1. The normalized spacial score (nSPS) is 11.1.